The number of hydrogen-bond donors (Lipinski definition) is 1. The van der Waals surface area contributed by atoms with E-state index in [1.54, 1.807) is 6.92 Å². The molecule has 3 rings (SSSR count). The number of ether oxygens (including phenoxy) is 1. The van der Waals surface area contributed by atoms with Gasteiger partial charge >= 0.3 is 0 Å². The monoisotopic (exact) mass is 409 g/mol. The van der Waals surface area contributed by atoms with Gasteiger partial charge in [0, 0.05) is 38.4 Å². The highest BCUT2D eigenvalue weighted by atomic mass is 16.5. The minimum atomic E-state index is -0.559. The number of carbonyl (C=O) groups excluding carboxylic acids is 1. The van der Waals surface area contributed by atoms with Crippen LogP contribution in [0.25, 0.3) is 0 Å². The first-order valence-electron chi connectivity index (χ1n) is 10.8. The van der Waals surface area contributed by atoms with Gasteiger partial charge in [0.25, 0.3) is 5.91 Å². The van der Waals surface area contributed by atoms with Gasteiger partial charge in [0.2, 0.25) is 0 Å². The zero-order chi connectivity index (χ0) is 21.7. The van der Waals surface area contributed by atoms with Gasteiger partial charge in [-0.15, -0.1) is 0 Å². The van der Waals surface area contributed by atoms with Crippen LogP contribution in [-0.2, 0) is 16.8 Å². The van der Waals surface area contributed by atoms with Crippen molar-refractivity contribution in [2.75, 3.05) is 38.1 Å². The van der Waals surface area contributed by atoms with Crippen LogP contribution < -0.4 is 15.0 Å². The number of anilines is 1. The average Bonchev–Trinajstić information content (AvgIpc) is 2.72. The number of carbonyl (C=O) groups is 1. The Morgan fingerprint density at radius 2 is 1.77 bits per heavy atom. The molecule has 1 N–H and O–H groups in total. The predicted molar refractivity (Wildman–Crippen MR) is 123 cm³/mol. The Bertz CT molecular complexity index is 851. The number of amides is 1. The molecule has 1 amide bonds. The third kappa shape index (κ3) is 5.76. The summed E-state index contributed by atoms with van der Waals surface area (Å²) in [7, 11) is 2.15. The molecule has 0 aliphatic carbocycles. The van der Waals surface area contributed by atoms with Crippen LogP contribution >= 0.6 is 0 Å². The van der Waals surface area contributed by atoms with Gasteiger partial charge in [-0.2, -0.15) is 0 Å². The smallest absolute Gasteiger partial charge is 0.261 e. The van der Waals surface area contributed by atoms with Gasteiger partial charge in [-0.25, -0.2) is 0 Å². The molecule has 2 aromatic carbocycles. The zero-order valence-electron chi connectivity index (χ0n) is 18.9. The van der Waals surface area contributed by atoms with Crippen molar-refractivity contribution < 1.29 is 9.53 Å². The Kier molecular flexibility index (Phi) is 7.03. The van der Waals surface area contributed by atoms with Gasteiger partial charge < -0.3 is 19.9 Å². The van der Waals surface area contributed by atoms with E-state index in [1.165, 1.54) is 11.3 Å². The summed E-state index contributed by atoms with van der Waals surface area (Å²) in [6, 6.07) is 16.3. The van der Waals surface area contributed by atoms with E-state index in [1.807, 2.05) is 24.3 Å². The normalized spacial score (nSPS) is 16.2. The lowest BCUT2D eigenvalue weighted by molar-refractivity contribution is -0.127. The maximum Gasteiger partial charge on any atom is 0.261 e. The van der Waals surface area contributed by atoms with Crippen LogP contribution in [0.5, 0.6) is 5.75 Å². The third-order valence-corrected chi connectivity index (χ3v) is 5.67. The van der Waals surface area contributed by atoms with Gasteiger partial charge in [-0.3, -0.25) is 4.79 Å². The molecule has 0 bridgehead atoms. The van der Waals surface area contributed by atoms with Gasteiger partial charge in [0.05, 0.1) is 0 Å². The molecular formula is C25H35N3O2. The highest BCUT2D eigenvalue weighted by Gasteiger charge is 2.20. The van der Waals surface area contributed by atoms with E-state index in [2.05, 4.69) is 67.2 Å². The molecule has 1 heterocycles. The van der Waals surface area contributed by atoms with Crippen molar-refractivity contribution in [1.29, 1.82) is 0 Å². The van der Waals surface area contributed by atoms with Gasteiger partial charge in [-0.05, 0) is 48.7 Å². The maximum absolute atomic E-state index is 12.7. The van der Waals surface area contributed by atoms with E-state index in [-0.39, 0.29) is 11.3 Å². The maximum atomic E-state index is 12.7. The summed E-state index contributed by atoms with van der Waals surface area (Å²) in [4.78, 5) is 17.4. The van der Waals surface area contributed by atoms with Crippen molar-refractivity contribution in [2.24, 2.45) is 0 Å². The van der Waals surface area contributed by atoms with E-state index >= 15 is 0 Å². The molecule has 1 aliphatic heterocycles. The van der Waals surface area contributed by atoms with Crippen molar-refractivity contribution in [3.8, 4) is 5.75 Å². The highest BCUT2D eigenvalue weighted by molar-refractivity contribution is 5.80. The number of likely N-dealkylation sites (N-methyl/N-ethyl adjacent to an activating group) is 1. The summed E-state index contributed by atoms with van der Waals surface area (Å²) in [6.45, 7) is 12.9. The van der Waals surface area contributed by atoms with Crippen LogP contribution in [0, 0.1) is 0 Å². The summed E-state index contributed by atoms with van der Waals surface area (Å²) in [5, 5.41) is 3.05. The standard InChI is InChI=1S/C25H35N3O2/c1-19(30-22-11-8-10-21(17-22)25(2,3)4)24(29)26-18-20-9-6-7-12-23(20)28-15-13-27(5)14-16-28/h6-12,17,19H,13-16,18H2,1-5H3,(H,26,29). The number of nitrogens with one attached hydrogen (secondary N) is 1. The van der Waals surface area contributed by atoms with E-state index in [4.69, 9.17) is 4.74 Å². The van der Waals surface area contributed by atoms with Gasteiger partial charge in [0.1, 0.15) is 5.75 Å². The minimum Gasteiger partial charge on any atom is -0.481 e. The van der Waals surface area contributed by atoms with Crippen LogP contribution in [0.15, 0.2) is 48.5 Å². The Hall–Kier alpha value is -2.53. The zero-order valence-corrected chi connectivity index (χ0v) is 18.9. The molecule has 30 heavy (non-hydrogen) atoms. The molecule has 0 spiro atoms. The third-order valence-electron chi connectivity index (χ3n) is 5.67. The second-order valence-corrected chi connectivity index (χ2v) is 9.17. The largest absolute Gasteiger partial charge is 0.481 e. The van der Waals surface area contributed by atoms with E-state index < -0.39 is 6.10 Å². The molecule has 2 aromatic rings. The van der Waals surface area contributed by atoms with Crippen LogP contribution in [0.1, 0.15) is 38.8 Å². The molecule has 0 aromatic heterocycles. The van der Waals surface area contributed by atoms with Crippen molar-refractivity contribution >= 4 is 11.6 Å². The summed E-state index contributed by atoms with van der Waals surface area (Å²) < 4.78 is 5.93. The minimum absolute atomic E-state index is 0.0395. The van der Waals surface area contributed by atoms with Crippen molar-refractivity contribution in [3.63, 3.8) is 0 Å². The van der Waals surface area contributed by atoms with Gasteiger partial charge in [0.15, 0.2) is 6.10 Å². The van der Waals surface area contributed by atoms with Crippen molar-refractivity contribution in [1.82, 2.24) is 10.2 Å². The lowest BCUT2D eigenvalue weighted by Gasteiger charge is -2.35. The van der Waals surface area contributed by atoms with Gasteiger partial charge in [-0.1, -0.05) is 51.1 Å². The molecule has 0 radical (unpaired) electrons. The first kappa shape index (κ1) is 22.2. The number of piperazine rings is 1. The first-order chi connectivity index (χ1) is 14.2. The fourth-order valence-electron chi connectivity index (χ4n) is 3.64. The molecule has 1 fully saturated rings. The predicted octanol–water partition coefficient (Wildman–Crippen LogP) is 3.82. The van der Waals surface area contributed by atoms with Crippen LogP contribution in [0.4, 0.5) is 5.69 Å². The lowest BCUT2D eigenvalue weighted by Crippen LogP contribution is -2.45. The summed E-state index contributed by atoms with van der Waals surface area (Å²) in [5.74, 6) is 0.618. The number of nitrogens with zero attached hydrogens (tertiary/aromatic N) is 2. The Balaban J connectivity index is 1.59. The molecule has 162 valence electrons. The number of hydrogen-bond acceptors (Lipinski definition) is 4. The molecule has 0 saturated carbocycles. The molecule has 1 aliphatic rings. The fourth-order valence-corrected chi connectivity index (χ4v) is 3.64. The summed E-state index contributed by atoms with van der Waals surface area (Å²) in [5.41, 5.74) is 3.57. The lowest BCUT2D eigenvalue weighted by atomic mass is 9.87. The molecule has 1 unspecified atom stereocenters. The number of benzene rings is 2. The van der Waals surface area contributed by atoms with Crippen LogP contribution in [0.3, 0.4) is 0 Å². The summed E-state index contributed by atoms with van der Waals surface area (Å²) in [6.07, 6.45) is -0.559. The van der Waals surface area contributed by atoms with Crippen molar-refractivity contribution in [3.05, 3.63) is 59.7 Å². The second kappa shape index (κ2) is 9.52. The Labute approximate surface area is 181 Å². The summed E-state index contributed by atoms with van der Waals surface area (Å²) >= 11 is 0. The SMILES string of the molecule is CC(Oc1cccc(C(C)(C)C)c1)C(=O)NCc1ccccc1N1CCN(C)CC1. The Morgan fingerprint density at radius 1 is 1.07 bits per heavy atom. The number of para-hydroxylation sites is 1. The Morgan fingerprint density at radius 3 is 2.47 bits per heavy atom. The first-order valence-corrected chi connectivity index (χ1v) is 10.8. The van der Waals surface area contributed by atoms with Crippen LogP contribution in [0.2, 0.25) is 0 Å². The fraction of sp³-hybridized carbons (Fsp3) is 0.480. The topological polar surface area (TPSA) is 44.8 Å². The quantitative estimate of drug-likeness (QED) is 0.788. The van der Waals surface area contributed by atoms with Crippen LogP contribution in [-0.4, -0.2) is 50.1 Å². The molecular weight excluding hydrogens is 374 g/mol. The van der Waals surface area contributed by atoms with E-state index in [0.717, 1.165) is 37.5 Å². The average molecular weight is 410 g/mol. The second-order valence-electron chi connectivity index (χ2n) is 9.17. The van der Waals surface area contributed by atoms with Crippen molar-refractivity contribution in [2.45, 2.75) is 45.8 Å². The van der Waals surface area contributed by atoms with E-state index in [0.29, 0.717) is 6.54 Å². The number of rotatable bonds is 6. The molecule has 1 saturated heterocycles. The molecule has 5 nitrogen and oxygen atoms in total. The molecule has 5 heteroatoms. The highest BCUT2D eigenvalue weighted by Crippen LogP contribution is 2.26. The van der Waals surface area contributed by atoms with E-state index in [9.17, 15) is 4.79 Å². The molecule has 1 atom stereocenters.